The van der Waals surface area contributed by atoms with Gasteiger partial charge in [-0.3, -0.25) is 62.5 Å². The van der Waals surface area contributed by atoms with Crippen molar-refractivity contribution in [3.05, 3.63) is 47.0 Å². The second-order valence-corrected chi connectivity index (χ2v) is 27.1. The second kappa shape index (κ2) is 44.3. The van der Waals surface area contributed by atoms with Gasteiger partial charge in [0.15, 0.2) is 11.3 Å². The van der Waals surface area contributed by atoms with Gasteiger partial charge >= 0.3 is 5.97 Å². The zero-order chi connectivity index (χ0) is 68.7. The van der Waals surface area contributed by atoms with Gasteiger partial charge in [0, 0.05) is 46.7 Å². The Bertz CT molecular complexity index is 2640. The summed E-state index contributed by atoms with van der Waals surface area (Å²) >= 11 is 3.03. The summed E-state index contributed by atoms with van der Waals surface area (Å²) in [6.45, 7) is 10.5. The number of guanidine groups is 1. The Morgan fingerprint density at radius 2 is 1.25 bits per heavy atom. The van der Waals surface area contributed by atoms with E-state index in [9.17, 15) is 62.6 Å². The van der Waals surface area contributed by atoms with Gasteiger partial charge in [0.25, 0.3) is 11.8 Å². The molecule has 1 fully saturated rings. The van der Waals surface area contributed by atoms with Crippen LogP contribution in [0.15, 0.2) is 46.4 Å². The lowest BCUT2D eigenvalue weighted by Gasteiger charge is -2.28. The van der Waals surface area contributed by atoms with Crippen LogP contribution in [0.2, 0.25) is 0 Å². The summed E-state index contributed by atoms with van der Waals surface area (Å²) in [5.41, 5.74) is 22.0. The average molecular weight is 1360 g/mol. The van der Waals surface area contributed by atoms with Crippen LogP contribution in [0, 0.1) is 0 Å². The van der Waals surface area contributed by atoms with Crippen molar-refractivity contribution in [3.8, 4) is 0 Å². The van der Waals surface area contributed by atoms with Crippen molar-refractivity contribution >= 4 is 112 Å². The first-order valence-electron chi connectivity index (χ1n) is 29.6. The van der Waals surface area contributed by atoms with E-state index in [4.69, 9.17) is 41.9 Å². The quantitative estimate of drug-likeness (QED) is 0.0144. The lowest BCUT2D eigenvalue weighted by molar-refractivity contribution is -0.141. The van der Waals surface area contributed by atoms with E-state index in [-0.39, 0.29) is 122 Å². The third kappa shape index (κ3) is 37.9. The van der Waals surface area contributed by atoms with Gasteiger partial charge < -0.3 is 100 Å². The third-order valence-corrected chi connectivity index (χ3v) is 15.6. The standard InChI is InChI=1S/C57H93N15O17S3/c1-56(2,3)91-32-40-51(83)68-36(16-12-18-64-55(60)61)47(79)65-29-43(74)67-39(28-46(77)78)49(81)71-41(33-92-57(4,5)6)52(84)69-38(27-35-13-8-7-9-14-35)50(82)72-54(90-34-45(76)66-37(48(80)70-40)15-10-11-17-58)53(85)63-20-22-87-24-26-88-25-23-86-21-19-62-44(75)31-89-30-42(59)73/h7-9,13-14,32,36-39,41,54H,10-12,15-31,33-34,58H2,1-6H3,(H2,59,73)(H,62,75)(H,63,85)(H,65,79)(H,66,76)(H,67,74)(H,68,83)(H,69,84)(H,70,80)(H,71,81)(H,72,82)(H,77,78)(H4,60,61,64)/b40-32+/t36-,37-,38-,39-,41-,54-/m0/s1. The number of aliphatic imine (C=N–C) groups is 1. The van der Waals surface area contributed by atoms with Crippen LogP contribution in [0.4, 0.5) is 0 Å². The number of nitrogens with one attached hydrogen (secondary N) is 10. The normalized spacial score (nSPS) is 20.2. The number of benzene rings is 1. The van der Waals surface area contributed by atoms with Crippen molar-refractivity contribution < 1.29 is 81.6 Å². The highest BCUT2D eigenvalue weighted by molar-refractivity contribution is 8.03. The van der Waals surface area contributed by atoms with Gasteiger partial charge in [-0.1, -0.05) is 71.9 Å². The van der Waals surface area contributed by atoms with Crippen LogP contribution in [0.3, 0.4) is 0 Å². The maximum absolute atomic E-state index is 14.7. The molecule has 1 aliphatic rings. The Labute approximate surface area is 548 Å². The summed E-state index contributed by atoms with van der Waals surface area (Å²) in [7, 11) is 0. The van der Waals surface area contributed by atoms with Crippen molar-refractivity contribution in [3.63, 3.8) is 0 Å². The maximum atomic E-state index is 14.7. The van der Waals surface area contributed by atoms with E-state index in [1.54, 1.807) is 30.3 Å². The number of nitrogens with two attached hydrogens (primary N) is 4. The van der Waals surface area contributed by atoms with Gasteiger partial charge in [-0.05, 0) is 44.2 Å². The van der Waals surface area contributed by atoms with E-state index in [0.717, 1.165) is 11.8 Å². The highest BCUT2D eigenvalue weighted by Gasteiger charge is 2.35. The highest BCUT2D eigenvalue weighted by atomic mass is 32.2. The van der Waals surface area contributed by atoms with E-state index in [1.807, 2.05) is 41.5 Å². The van der Waals surface area contributed by atoms with Crippen molar-refractivity contribution in [2.75, 3.05) is 97.1 Å². The van der Waals surface area contributed by atoms with Crippen LogP contribution >= 0.6 is 35.3 Å². The molecule has 0 aromatic heterocycles. The fourth-order valence-electron chi connectivity index (χ4n) is 7.65. The highest BCUT2D eigenvalue weighted by Crippen LogP contribution is 2.26. The van der Waals surface area contributed by atoms with E-state index in [0.29, 0.717) is 30.2 Å². The summed E-state index contributed by atoms with van der Waals surface area (Å²) in [5.74, 6) is -12.0. The van der Waals surface area contributed by atoms with Gasteiger partial charge in [-0.25, -0.2) is 0 Å². The Balaban J connectivity index is 2.62. The zero-order valence-corrected chi connectivity index (χ0v) is 55.4. The van der Waals surface area contributed by atoms with Gasteiger partial charge in [0.2, 0.25) is 53.2 Å². The molecule has 0 saturated carbocycles. The summed E-state index contributed by atoms with van der Waals surface area (Å²) in [4.78, 5) is 166. The monoisotopic (exact) mass is 1360 g/mol. The van der Waals surface area contributed by atoms with E-state index < -0.39 is 135 Å². The van der Waals surface area contributed by atoms with Crippen molar-refractivity contribution in [1.82, 2.24) is 53.2 Å². The van der Waals surface area contributed by atoms with Crippen LogP contribution in [-0.2, 0) is 82.9 Å². The predicted octanol–water partition coefficient (Wildman–Crippen LogP) is -3.58. The van der Waals surface area contributed by atoms with Gasteiger partial charge in [0.05, 0.1) is 58.4 Å². The molecule has 1 aliphatic heterocycles. The van der Waals surface area contributed by atoms with Crippen LogP contribution in [0.25, 0.3) is 0 Å². The molecular weight excluding hydrogens is 1260 g/mol. The molecular formula is C57H93N15O17S3. The lowest BCUT2D eigenvalue weighted by atomic mass is 10.0. The van der Waals surface area contributed by atoms with E-state index >= 15 is 0 Å². The number of carboxylic acids is 1. The van der Waals surface area contributed by atoms with Crippen LogP contribution in [0.1, 0.15) is 85.6 Å². The first-order valence-corrected chi connectivity index (χ1v) is 32.6. The number of carboxylic acid groups (broad SMARTS) is 1. The molecule has 1 heterocycles. The fraction of sp³-hybridized carbons (Fsp3) is 0.632. The molecule has 32 nitrogen and oxygen atoms in total. The first-order chi connectivity index (χ1) is 43.5. The number of unbranched alkanes of at least 4 members (excludes halogenated alkanes) is 1. The Kier molecular flexibility index (Phi) is 38.9. The average Bonchev–Trinajstić information content (AvgIpc) is 1.52. The van der Waals surface area contributed by atoms with Gasteiger partial charge in [0.1, 0.15) is 49.1 Å². The molecule has 0 unspecified atom stereocenters. The predicted molar refractivity (Wildman–Crippen MR) is 347 cm³/mol. The molecule has 0 aliphatic carbocycles. The van der Waals surface area contributed by atoms with E-state index in [2.05, 4.69) is 58.2 Å². The van der Waals surface area contributed by atoms with Crippen molar-refractivity contribution in [1.29, 1.82) is 0 Å². The number of aliphatic carboxylic acids is 1. The van der Waals surface area contributed by atoms with Gasteiger partial charge in [-0.2, -0.15) is 11.8 Å². The number of rotatable bonds is 32. The molecule has 1 saturated heterocycles. The molecule has 0 spiro atoms. The first kappa shape index (κ1) is 80.8. The number of thioether (sulfide) groups is 3. The summed E-state index contributed by atoms with van der Waals surface area (Å²) in [5, 5.41) is 35.3. The summed E-state index contributed by atoms with van der Waals surface area (Å²) in [6, 6.07) is 0.910. The number of nitrogens with zero attached hydrogens (tertiary/aromatic N) is 1. The maximum Gasteiger partial charge on any atom is 0.305 e. The number of carbonyl (C=O) groups is 12. The number of carbonyl (C=O) groups excluding carboxylic acids is 11. The number of hydrogen-bond donors (Lipinski definition) is 15. The second-order valence-electron chi connectivity index (χ2n) is 22.4. The number of primary amides is 1. The Morgan fingerprint density at radius 3 is 1.86 bits per heavy atom. The van der Waals surface area contributed by atoms with Crippen LogP contribution < -0.4 is 76.1 Å². The molecule has 0 bridgehead atoms. The van der Waals surface area contributed by atoms with Crippen molar-refractivity contribution in [2.45, 2.75) is 132 Å². The Morgan fingerprint density at radius 1 is 0.663 bits per heavy atom. The van der Waals surface area contributed by atoms with Crippen LogP contribution in [-0.4, -0.2) is 224 Å². The number of ether oxygens (including phenoxy) is 4. The molecule has 19 N–H and O–H groups in total. The zero-order valence-electron chi connectivity index (χ0n) is 52.9. The molecule has 0 radical (unpaired) electrons. The molecule has 11 amide bonds. The minimum absolute atomic E-state index is 0.00921. The minimum Gasteiger partial charge on any atom is -0.481 e. The van der Waals surface area contributed by atoms with E-state index in [1.165, 1.54) is 17.2 Å². The molecule has 6 atom stereocenters. The number of hydrogen-bond acceptors (Lipinski definition) is 21. The SMILES string of the molecule is CC(C)(C)S/C=C1/NC(=O)[C@H](CCCCN)NC(=O)CS[C@@H](C(=O)NCCOCCOCCOCCNC(=O)COCC(N)=O)NC(=O)[C@H](Cc2ccccc2)NC(=O)[C@H](CSC(C)(C)C)NC(=O)[C@H](CC(=O)O)NC(=O)CNC(=O)[C@H](CCCN=C(N)N)NC1=O. The Hall–Kier alpha value is -7.28. The summed E-state index contributed by atoms with van der Waals surface area (Å²) < 4.78 is 20.4. The smallest absolute Gasteiger partial charge is 0.305 e. The molecule has 1 aromatic carbocycles. The molecule has 516 valence electrons. The topological polar surface area (TPSA) is 499 Å². The lowest BCUT2D eigenvalue weighted by Crippen LogP contribution is -2.59. The van der Waals surface area contributed by atoms with Crippen molar-refractivity contribution in [2.24, 2.45) is 27.9 Å². The number of amides is 11. The molecule has 35 heteroatoms. The molecule has 92 heavy (non-hydrogen) atoms. The third-order valence-electron chi connectivity index (χ3n) is 12.1. The fourth-order valence-corrected chi connectivity index (χ4v) is 10.0. The molecule has 2 rings (SSSR count). The van der Waals surface area contributed by atoms with Gasteiger partial charge in [-0.15, -0.1) is 23.5 Å². The molecule has 1 aromatic rings. The largest absolute Gasteiger partial charge is 0.481 e. The summed E-state index contributed by atoms with van der Waals surface area (Å²) in [6.07, 6.45) is -0.406. The van der Waals surface area contributed by atoms with Crippen LogP contribution in [0.5, 0.6) is 0 Å². The minimum atomic E-state index is -1.83.